The Labute approximate surface area is 150 Å². The lowest BCUT2D eigenvalue weighted by Crippen LogP contribution is -2.41. The Morgan fingerprint density at radius 1 is 1.20 bits per heavy atom. The van der Waals surface area contributed by atoms with Gasteiger partial charge >= 0.3 is 7.12 Å². The lowest BCUT2D eigenvalue weighted by Gasteiger charge is -2.32. The summed E-state index contributed by atoms with van der Waals surface area (Å²) in [5.74, 6) is -0.105. The highest BCUT2D eigenvalue weighted by molar-refractivity contribution is 6.56. The summed E-state index contributed by atoms with van der Waals surface area (Å²) in [5.41, 5.74) is 1.99. The summed E-state index contributed by atoms with van der Waals surface area (Å²) in [6.45, 7) is 9.93. The SMILES string of the molecule is CC(=O)NCC(=Cc1ccccc1CCO)B1OC(C)(C)C(C)(C)O1. The highest BCUT2D eigenvalue weighted by Gasteiger charge is 2.52. The molecular weight excluding hydrogens is 317 g/mol. The molecule has 1 aromatic rings. The summed E-state index contributed by atoms with van der Waals surface area (Å²) >= 11 is 0. The van der Waals surface area contributed by atoms with Crippen molar-refractivity contribution in [3.05, 3.63) is 40.9 Å². The first-order valence-corrected chi connectivity index (χ1v) is 8.65. The van der Waals surface area contributed by atoms with Crippen LogP contribution in [0.15, 0.2) is 29.7 Å². The standard InChI is InChI=1S/C19H28BNO4/c1-14(23)21-13-17(20-24-18(2,3)19(4,5)25-20)12-16-9-7-6-8-15(16)10-11-22/h6-9,12,22H,10-11,13H2,1-5H3,(H,21,23). The minimum atomic E-state index is -0.529. The highest BCUT2D eigenvalue weighted by atomic mass is 16.7. The quantitative estimate of drug-likeness (QED) is 0.777. The maximum Gasteiger partial charge on any atom is 0.492 e. The predicted octanol–water partition coefficient (Wildman–Crippen LogP) is 2.37. The first-order chi connectivity index (χ1) is 11.7. The molecule has 0 spiro atoms. The molecule has 0 saturated carbocycles. The number of benzene rings is 1. The van der Waals surface area contributed by atoms with Gasteiger partial charge in [0.15, 0.2) is 0 Å². The Kier molecular flexibility index (Phi) is 6.09. The third kappa shape index (κ3) is 4.72. The monoisotopic (exact) mass is 345 g/mol. The second-order valence-electron chi connectivity index (χ2n) is 7.39. The third-order valence-corrected chi connectivity index (χ3v) is 4.87. The van der Waals surface area contributed by atoms with Crippen LogP contribution in [0.2, 0.25) is 0 Å². The molecule has 0 radical (unpaired) electrons. The third-order valence-electron chi connectivity index (χ3n) is 4.87. The van der Waals surface area contributed by atoms with E-state index in [2.05, 4.69) is 5.32 Å². The Hall–Kier alpha value is -1.63. The number of carbonyl (C=O) groups excluding carboxylic acids is 1. The van der Waals surface area contributed by atoms with Crippen molar-refractivity contribution in [2.45, 2.75) is 52.2 Å². The molecule has 1 heterocycles. The molecule has 1 saturated heterocycles. The van der Waals surface area contributed by atoms with Crippen LogP contribution < -0.4 is 5.32 Å². The molecule has 1 fully saturated rings. The van der Waals surface area contributed by atoms with Crippen LogP contribution in [0.4, 0.5) is 0 Å². The summed E-state index contributed by atoms with van der Waals surface area (Å²) in [6.07, 6.45) is 2.56. The van der Waals surface area contributed by atoms with Crippen LogP contribution in [0.5, 0.6) is 0 Å². The molecule has 0 unspecified atom stereocenters. The Morgan fingerprint density at radius 3 is 2.36 bits per heavy atom. The fraction of sp³-hybridized carbons (Fsp3) is 0.526. The molecule has 136 valence electrons. The average molecular weight is 345 g/mol. The van der Waals surface area contributed by atoms with Gasteiger partial charge in [-0.15, -0.1) is 0 Å². The number of carbonyl (C=O) groups is 1. The highest BCUT2D eigenvalue weighted by Crippen LogP contribution is 2.38. The lowest BCUT2D eigenvalue weighted by atomic mass is 9.76. The first kappa shape index (κ1) is 19.7. The van der Waals surface area contributed by atoms with Crippen LogP contribution in [0.3, 0.4) is 0 Å². The molecule has 1 aliphatic rings. The zero-order valence-corrected chi connectivity index (χ0v) is 15.8. The van der Waals surface area contributed by atoms with E-state index in [4.69, 9.17) is 9.31 Å². The molecule has 0 aromatic heterocycles. The van der Waals surface area contributed by atoms with Gasteiger partial charge in [0.1, 0.15) is 0 Å². The van der Waals surface area contributed by atoms with Crippen molar-refractivity contribution >= 4 is 19.1 Å². The van der Waals surface area contributed by atoms with Crippen molar-refractivity contribution in [2.75, 3.05) is 13.2 Å². The van der Waals surface area contributed by atoms with Gasteiger partial charge in [0.25, 0.3) is 0 Å². The maximum absolute atomic E-state index is 11.4. The van der Waals surface area contributed by atoms with Crippen molar-refractivity contribution in [1.82, 2.24) is 5.32 Å². The molecule has 1 aromatic carbocycles. The zero-order chi connectivity index (χ0) is 18.7. The van der Waals surface area contributed by atoms with Crippen molar-refractivity contribution < 1.29 is 19.2 Å². The number of amides is 1. The molecule has 5 nitrogen and oxygen atoms in total. The number of hydrogen-bond acceptors (Lipinski definition) is 4. The van der Waals surface area contributed by atoms with Gasteiger partial charge in [0.05, 0.1) is 11.2 Å². The van der Waals surface area contributed by atoms with Crippen molar-refractivity contribution in [3.8, 4) is 0 Å². The van der Waals surface area contributed by atoms with E-state index in [0.717, 1.165) is 16.6 Å². The van der Waals surface area contributed by atoms with E-state index >= 15 is 0 Å². The Morgan fingerprint density at radius 2 is 1.80 bits per heavy atom. The summed E-state index contributed by atoms with van der Waals surface area (Å²) in [7, 11) is -0.529. The first-order valence-electron chi connectivity index (χ1n) is 8.65. The van der Waals surface area contributed by atoms with Crippen LogP contribution in [0, 0.1) is 0 Å². The minimum Gasteiger partial charge on any atom is -0.400 e. The smallest absolute Gasteiger partial charge is 0.400 e. The Balaban J connectivity index is 2.35. The van der Waals surface area contributed by atoms with Crippen LogP contribution in [-0.4, -0.2) is 42.5 Å². The molecule has 2 N–H and O–H groups in total. The average Bonchev–Trinajstić information content (AvgIpc) is 2.73. The van der Waals surface area contributed by atoms with E-state index in [1.165, 1.54) is 6.92 Å². The largest absolute Gasteiger partial charge is 0.492 e. The number of nitrogens with one attached hydrogen (secondary N) is 1. The second kappa shape index (κ2) is 7.73. The second-order valence-corrected chi connectivity index (χ2v) is 7.39. The normalized spacial score (nSPS) is 19.1. The molecular formula is C19H28BNO4. The van der Waals surface area contributed by atoms with E-state index in [9.17, 15) is 9.90 Å². The van der Waals surface area contributed by atoms with Gasteiger partial charge in [-0.05, 0) is 50.7 Å². The van der Waals surface area contributed by atoms with Crippen molar-refractivity contribution in [2.24, 2.45) is 0 Å². The molecule has 0 atom stereocenters. The van der Waals surface area contributed by atoms with Crippen molar-refractivity contribution in [1.29, 1.82) is 0 Å². The van der Waals surface area contributed by atoms with E-state index < -0.39 is 18.3 Å². The summed E-state index contributed by atoms with van der Waals surface area (Å²) in [6, 6.07) is 7.88. The molecule has 6 heteroatoms. The van der Waals surface area contributed by atoms with Gasteiger partial charge in [0, 0.05) is 20.1 Å². The maximum atomic E-state index is 11.4. The van der Waals surface area contributed by atoms with Gasteiger partial charge in [0.2, 0.25) is 5.91 Å². The van der Waals surface area contributed by atoms with Gasteiger partial charge in [-0.25, -0.2) is 0 Å². The lowest BCUT2D eigenvalue weighted by molar-refractivity contribution is -0.118. The molecule has 1 aliphatic heterocycles. The Bertz CT molecular complexity index is 639. The molecule has 0 bridgehead atoms. The van der Waals surface area contributed by atoms with Crippen LogP contribution >= 0.6 is 0 Å². The van der Waals surface area contributed by atoms with E-state index in [-0.39, 0.29) is 12.5 Å². The van der Waals surface area contributed by atoms with Gasteiger partial charge in [-0.2, -0.15) is 0 Å². The summed E-state index contributed by atoms with van der Waals surface area (Å²) < 4.78 is 12.3. The predicted molar refractivity (Wildman–Crippen MR) is 100.0 cm³/mol. The van der Waals surface area contributed by atoms with E-state index in [1.807, 2.05) is 58.0 Å². The molecule has 2 rings (SSSR count). The van der Waals surface area contributed by atoms with Gasteiger partial charge < -0.3 is 19.7 Å². The summed E-state index contributed by atoms with van der Waals surface area (Å²) in [4.78, 5) is 11.4. The molecule has 0 aliphatic carbocycles. The van der Waals surface area contributed by atoms with E-state index in [1.54, 1.807) is 0 Å². The molecule has 25 heavy (non-hydrogen) atoms. The van der Waals surface area contributed by atoms with Crippen molar-refractivity contribution in [3.63, 3.8) is 0 Å². The van der Waals surface area contributed by atoms with Gasteiger partial charge in [-0.1, -0.05) is 30.3 Å². The number of aliphatic hydroxyl groups is 1. The minimum absolute atomic E-state index is 0.0857. The number of aliphatic hydroxyl groups excluding tert-OH is 1. The van der Waals surface area contributed by atoms with Crippen LogP contribution in [0.25, 0.3) is 6.08 Å². The van der Waals surface area contributed by atoms with E-state index in [0.29, 0.717) is 13.0 Å². The van der Waals surface area contributed by atoms with Gasteiger partial charge in [-0.3, -0.25) is 4.79 Å². The topological polar surface area (TPSA) is 67.8 Å². The number of hydrogen-bond donors (Lipinski definition) is 2. The summed E-state index contributed by atoms with van der Waals surface area (Å²) in [5, 5.41) is 12.1. The fourth-order valence-electron chi connectivity index (χ4n) is 2.65. The van der Waals surface area contributed by atoms with Crippen LogP contribution in [0.1, 0.15) is 45.7 Å². The molecule has 1 amide bonds. The zero-order valence-electron chi connectivity index (χ0n) is 15.8. The number of rotatable bonds is 6. The fourth-order valence-corrected chi connectivity index (χ4v) is 2.65. The van der Waals surface area contributed by atoms with Crippen LogP contribution in [-0.2, 0) is 20.5 Å².